The Morgan fingerprint density at radius 3 is 2.42 bits per heavy atom. The predicted molar refractivity (Wildman–Crippen MR) is 127 cm³/mol. The highest BCUT2D eigenvalue weighted by atomic mass is 35.5. The van der Waals surface area contributed by atoms with Crippen molar-refractivity contribution in [2.24, 2.45) is 0 Å². The molecule has 0 unspecified atom stereocenters. The van der Waals surface area contributed by atoms with E-state index in [-0.39, 0.29) is 11.8 Å². The van der Waals surface area contributed by atoms with Gasteiger partial charge >= 0.3 is 0 Å². The quantitative estimate of drug-likeness (QED) is 0.371. The average Bonchev–Trinajstić information content (AvgIpc) is 3.12. The van der Waals surface area contributed by atoms with Crippen molar-refractivity contribution >= 4 is 56.2 Å². The fourth-order valence-electron chi connectivity index (χ4n) is 3.17. The van der Waals surface area contributed by atoms with Crippen molar-refractivity contribution in [2.75, 3.05) is 17.7 Å². The molecule has 4 aromatic rings. The molecule has 0 fully saturated rings. The number of rotatable bonds is 5. The summed E-state index contributed by atoms with van der Waals surface area (Å²) in [6.45, 7) is 1.87. The van der Waals surface area contributed by atoms with Crippen molar-refractivity contribution in [3.05, 3.63) is 87.8 Å². The first kappa shape index (κ1) is 20.9. The third-order valence-electron chi connectivity index (χ3n) is 4.81. The molecule has 31 heavy (non-hydrogen) atoms. The first-order valence-corrected chi connectivity index (χ1v) is 10.7. The van der Waals surface area contributed by atoms with Crippen LogP contribution in [-0.2, 0) is 0 Å². The summed E-state index contributed by atoms with van der Waals surface area (Å²) in [6.07, 6.45) is 0. The molecule has 156 valence electrons. The minimum atomic E-state index is -0.286. The number of fused-ring (bicyclic) bond motifs is 1. The van der Waals surface area contributed by atoms with Gasteiger partial charge in [0.2, 0.25) is 0 Å². The molecule has 4 rings (SSSR count). The van der Waals surface area contributed by atoms with Gasteiger partial charge in [-0.15, -0.1) is 11.3 Å². The number of halogens is 1. The highest BCUT2D eigenvalue weighted by molar-refractivity contribution is 7.21. The van der Waals surface area contributed by atoms with Crippen molar-refractivity contribution in [1.82, 2.24) is 0 Å². The molecule has 2 N–H and O–H groups in total. The summed E-state index contributed by atoms with van der Waals surface area (Å²) in [4.78, 5) is 25.6. The van der Waals surface area contributed by atoms with E-state index in [1.165, 1.54) is 11.3 Å². The predicted octanol–water partition coefficient (Wildman–Crippen LogP) is 6.38. The molecule has 0 atom stereocenters. The molecule has 0 saturated heterocycles. The Kier molecular flexibility index (Phi) is 5.93. The number of hydrogen-bond donors (Lipinski definition) is 2. The lowest BCUT2D eigenvalue weighted by Crippen LogP contribution is -2.13. The molecule has 7 heteroatoms. The van der Waals surface area contributed by atoms with E-state index in [9.17, 15) is 9.59 Å². The minimum absolute atomic E-state index is 0.187. The number of aryl methyl sites for hydroxylation is 1. The van der Waals surface area contributed by atoms with Crippen LogP contribution in [0.25, 0.3) is 10.1 Å². The third kappa shape index (κ3) is 4.40. The van der Waals surface area contributed by atoms with Gasteiger partial charge < -0.3 is 15.4 Å². The van der Waals surface area contributed by atoms with Crippen LogP contribution < -0.4 is 15.4 Å². The first-order valence-electron chi connectivity index (χ1n) is 9.50. The number of carbonyl (C=O) groups excluding carboxylic acids is 2. The van der Waals surface area contributed by atoms with Gasteiger partial charge in [-0.05, 0) is 61.0 Å². The van der Waals surface area contributed by atoms with Crippen molar-refractivity contribution in [2.45, 2.75) is 6.92 Å². The van der Waals surface area contributed by atoms with E-state index < -0.39 is 0 Å². The van der Waals surface area contributed by atoms with Crippen molar-refractivity contribution in [1.29, 1.82) is 0 Å². The zero-order valence-corrected chi connectivity index (χ0v) is 18.4. The molecular formula is C24H19ClN2O3S. The normalized spacial score (nSPS) is 10.7. The van der Waals surface area contributed by atoms with Gasteiger partial charge in [-0.25, -0.2) is 0 Å². The number of hydrogen-bond acceptors (Lipinski definition) is 4. The molecule has 0 aliphatic heterocycles. The van der Waals surface area contributed by atoms with Gasteiger partial charge in [0.05, 0.1) is 12.1 Å². The van der Waals surface area contributed by atoms with Crippen LogP contribution in [0, 0.1) is 6.92 Å². The van der Waals surface area contributed by atoms with Crippen molar-refractivity contribution < 1.29 is 14.3 Å². The number of anilines is 2. The largest absolute Gasteiger partial charge is 0.497 e. The number of ether oxygens (including phenoxy) is 1. The van der Waals surface area contributed by atoms with Gasteiger partial charge in [-0.2, -0.15) is 0 Å². The second-order valence-corrected chi connectivity index (χ2v) is 8.34. The minimum Gasteiger partial charge on any atom is -0.497 e. The lowest BCUT2D eigenvalue weighted by atomic mass is 10.1. The van der Waals surface area contributed by atoms with Crippen LogP contribution >= 0.6 is 22.9 Å². The number of nitrogens with one attached hydrogen (secondary N) is 2. The second-order valence-electron chi connectivity index (χ2n) is 6.91. The highest BCUT2D eigenvalue weighted by Gasteiger charge is 2.18. The molecule has 1 heterocycles. The van der Waals surface area contributed by atoms with E-state index in [2.05, 4.69) is 10.6 Å². The number of benzene rings is 3. The standard InChI is InChI=1S/C24H19ClN2O3S/c1-14-12-16(8-11-19(14)27-23(28)15-6-4-3-5-7-15)26-24(29)22-21(25)18-10-9-17(30-2)13-20(18)31-22/h3-13H,1-2H3,(H,26,29)(H,27,28). The smallest absolute Gasteiger partial charge is 0.267 e. The molecule has 0 spiro atoms. The van der Waals surface area contributed by atoms with Crippen LogP contribution in [0.5, 0.6) is 5.75 Å². The van der Waals surface area contributed by atoms with Gasteiger partial charge in [0, 0.05) is 27.0 Å². The van der Waals surface area contributed by atoms with E-state index in [4.69, 9.17) is 16.3 Å². The third-order valence-corrected chi connectivity index (χ3v) is 6.47. The molecule has 5 nitrogen and oxygen atoms in total. The van der Waals surface area contributed by atoms with Gasteiger partial charge in [-0.3, -0.25) is 9.59 Å². The number of carbonyl (C=O) groups is 2. The fraction of sp³-hybridized carbons (Fsp3) is 0.0833. The summed E-state index contributed by atoms with van der Waals surface area (Å²) in [7, 11) is 1.60. The summed E-state index contributed by atoms with van der Waals surface area (Å²) in [5, 5.41) is 7.01. The van der Waals surface area contributed by atoms with Crippen molar-refractivity contribution in [3.63, 3.8) is 0 Å². The average molecular weight is 451 g/mol. The van der Waals surface area contributed by atoms with Crippen LogP contribution in [0.2, 0.25) is 5.02 Å². The number of amides is 2. The first-order chi connectivity index (χ1) is 15.0. The molecular weight excluding hydrogens is 432 g/mol. The maximum atomic E-state index is 12.8. The monoisotopic (exact) mass is 450 g/mol. The summed E-state index contributed by atoms with van der Waals surface area (Å²) >= 11 is 7.76. The lowest BCUT2D eigenvalue weighted by molar-refractivity contribution is 0.102. The van der Waals surface area contributed by atoms with Crippen LogP contribution in [0.4, 0.5) is 11.4 Å². The van der Waals surface area contributed by atoms with E-state index in [0.29, 0.717) is 32.6 Å². The zero-order chi connectivity index (χ0) is 22.0. The van der Waals surface area contributed by atoms with Gasteiger partial charge in [0.1, 0.15) is 10.6 Å². The number of thiophene rings is 1. The molecule has 0 aliphatic carbocycles. The van der Waals surface area contributed by atoms with E-state index in [1.807, 2.05) is 49.4 Å². The molecule has 3 aromatic carbocycles. The SMILES string of the molecule is COc1ccc2c(Cl)c(C(=O)Nc3ccc(NC(=O)c4ccccc4)c(C)c3)sc2c1. The van der Waals surface area contributed by atoms with Crippen LogP contribution in [0.3, 0.4) is 0 Å². The van der Waals surface area contributed by atoms with Crippen LogP contribution in [-0.4, -0.2) is 18.9 Å². The maximum Gasteiger partial charge on any atom is 0.267 e. The maximum absolute atomic E-state index is 12.8. The molecule has 2 amide bonds. The Hall–Kier alpha value is -3.35. The van der Waals surface area contributed by atoms with Crippen molar-refractivity contribution in [3.8, 4) is 5.75 Å². The Morgan fingerprint density at radius 2 is 1.71 bits per heavy atom. The Balaban J connectivity index is 1.51. The van der Waals surface area contributed by atoms with E-state index >= 15 is 0 Å². The Morgan fingerprint density at radius 1 is 0.935 bits per heavy atom. The van der Waals surface area contributed by atoms with Crippen LogP contribution in [0.1, 0.15) is 25.6 Å². The Labute approximate surface area is 188 Å². The summed E-state index contributed by atoms with van der Waals surface area (Å²) in [5.74, 6) is 0.236. The van der Waals surface area contributed by atoms with Crippen LogP contribution in [0.15, 0.2) is 66.7 Å². The van der Waals surface area contributed by atoms with E-state index in [1.54, 1.807) is 31.4 Å². The zero-order valence-electron chi connectivity index (χ0n) is 16.9. The molecule has 0 saturated carbocycles. The fourth-order valence-corrected chi connectivity index (χ4v) is 4.61. The molecule has 0 radical (unpaired) electrons. The molecule has 1 aromatic heterocycles. The Bertz CT molecular complexity index is 1280. The number of methoxy groups -OCH3 is 1. The summed E-state index contributed by atoms with van der Waals surface area (Å²) in [5.41, 5.74) is 2.70. The molecule has 0 bridgehead atoms. The van der Waals surface area contributed by atoms with Gasteiger partial charge in [0.15, 0.2) is 0 Å². The summed E-state index contributed by atoms with van der Waals surface area (Å²) in [6, 6.07) is 19.8. The molecule has 0 aliphatic rings. The lowest BCUT2D eigenvalue weighted by Gasteiger charge is -2.11. The van der Waals surface area contributed by atoms with E-state index in [0.717, 1.165) is 15.6 Å². The highest BCUT2D eigenvalue weighted by Crippen LogP contribution is 2.37. The topological polar surface area (TPSA) is 67.4 Å². The van der Waals surface area contributed by atoms with Gasteiger partial charge in [-0.1, -0.05) is 29.8 Å². The van der Waals surface area contributed by atoms with Gasteiger partial charge in [0.25, 0.3) is 11.8 Å². The summed E-state index contributed by atoms with van der Waals surface area (Å²) < 4.78 is 6.12. The second kappa shape index (κ2) is 8.79.